The number of phosphoric ester groups is 1. The molecule has 1 fully saturated rings. The maximum Gasteiger partial charge on any atom is 0.481 e. The molecule has 0 bridgehead atoms. The largest absolute Gasteiger partial charge is 0.481 e. The molecule has 1 aromatic rings. The first-order chi connectivity index (χ1) is 35.2. The Kier molecular flexibility index (Phi) is 38.0. The topological polar surface area (TPSA) is 241 Å². The number of rotatable bonds is 47. The van der Waals surface area contributed by atoms with Gasteiger partial charge < -0.3 is 54.9 Å². The van der Waals surface area contributed by atoms with E-state index in [2.05, 4.69) is 29.8 Å². The molecule has 0 saturated carbocycles. The van der Waals surface area contributed by atoms with Crippen molar-refractivity contribution in [1.82, 2.24) is 16.0 Å². The third-order valence-electron chi connectivity index (χ3n) is 13.2. The normalized spacial score (nSPS) is 17.8. The lowest BCUT2D eigenvalue weighted by Crippen LogP contribution is -2.54. The number of ether oxygens (including phenoxy) is 2. The Hall–Kier alpha value is -2.48. The van der Waals surface area contributed by atoms with Crippen molar-refractivity contribution in [3.8, 4) is 0 Å². The van der Waals surface area contributed by atoms with Gasteiger partial charge in [0.25, 0.3) is 0 Å². The first kappa shape index (κ1) is 66.6. The van der Waals surface area contributed by atoms with Gasteiger partial charge in [0.15, 0.2) is 6.10 Å². The number of likely N-dealkylation sites (N-methyl/N-ethyl adjacent to an activating group) is 1. The van der Waals surface area contributed by atoms with Crippen LogP contribution >= 0.6 is 7.82 Å². The lowest BCUT2D eigenvalue weighted by molar-refractivity contribution is -0.161. The smallest absolute Gasteiger partial charge is 0.462 e. The Morgan fingerprint density at radius 3 is 1.73 bits per heavy atom. The van der Waals surface area contributed by atoms with Crippen LogP contribution in [0.3, 0.4) is 0 Å². The van der Waals surface area contributed by atoms with Gasteiger partial charge in [-0.25, -0.2) is 4.57 Å². The second-order valence-electron chi connectivity index (χ2n) is 20.3. The van der Waals surface area contributed by atoms with Crippen molar-refractivity contribution in [1.29, 1.82) is 0 Å². The molecule has 73 heavy (non-hydrogen) atoms. The number of carbonyl (C=O) groups excluding carboxylic acids is 3. The van der Waals surface area contributed by atoms with E-state index in [1.807, 2.05) is 44.2 Å². The molecule has 0 spiro atoms. The standard InChI is InChI=1S/C54H99BN3O14P/c1-6-8-10-12-14-16-18-19-21-23-25-30-34-51(63)70-45(41-67-50(62)33-29-24-22-20-17-15-13-11-9-7-2)42-69-73(65,66)68-36-35-57-39-47(60)52-53(48(61)40-59)72-55(71-52)49(37-43(3)4)58-54(64)46(56-5)38-44-31-27-26-28-32-44/h26-28,31-32,43,45-49,52-53,56-57,59-61H,6-25,29-30,33-42H2,1-5H3,(H,58,64)(H,65,66)/t45?,46-,47?,48?,49-,52?,53+/m0/s1. The minimum atomic E-state index is -4.69. The fraction of sp³-hybridized carbons (Fsp3) is 0.833. The monoisotopic (exact) mass is 1060 g/mol. The average molecular weight is 1060 g/mol. The number of nitrogens with one attached hydrogen (secondary N) is 3. The zero-order valence-corrected chi connectivity index (χ0v) is 46.4. The number of carbonyl (C=O) groups is 3. The highest BCUT2D eigenvalue weighted by atomic mass is 31.2. The van der Waals surface area contributed by atoms with Crippen molar-refractivity contribution in [3.05, 3.63) is 35.9 Å². The summed E-state index contributed by atoms with van der Waals surface area (Å²) < 4.78 is 46.7. The summed E-state index contributed by atoms with van der Waals surface area (Å²) in [6, 6.07) is 9.04. The molecule has 1 heterocycles. The van der Waals surface area contributed by atoms with E-state index in [9.17, 15) is 39.2 Å². The Balaban J connectivity index is 1.88. The maximum absolute atomic E-state index is 13.5. The molecule has 1 saturated heterocycles. The van der Waals surface area contributed by atoms with E-state index < -0.39 is 82.6 Å². The van der Waals surface area contributed by atoms with Crippen molar-refractivity contribution < 1.29 is 67.0 Å². The van der Waals surface area contributed by atoms with Gasteiger partial charge >= 0.3 is 26.9 Å². The molecule has 2 rings (SSSR count). The number of aliphatic hydroxyl groups excluding tert-OH is 3. The summed E-state index contributed by atoms with van der Waals surface area (Å²) in [7, 11) is -4.04. The predicted molar refractivity (Wildman–Crippen MR) is 287 cm³/mol. The van der Waals surface area contributed by atoms with Gasteiger partial charge in [-0.15, -0.1) is 0 Å². The van der Waals surface area contributed by atoms with Crippen LogP contribution < -0.4 is 16.0 Å². The Labute approximate surface area is 439 Å². The molecule has 17 nitrogen and oxygen atoms in total. The third kappa shape index (κ3) is 32.0. The van der Waals surface area contributed by atoms with Crippen molar-refractivity contribution in [3.63, 3.8) is 0 Å². The van der Waals surface area contributed by atoms with Gasteiger partial charge in [0.05, 0.1) is 50.1 Å². The predicted octanol–water partition coefficient (Wildman–Crippen LogP) is 8.45. The number of aliphatic hydroxyl groups is 3. The van der Waals surface area contributed by atoms with Crippen molar-refractivity contribution >= 4 is 32.8 Å². The SMILES string of the molecule is CCCCCCCCCCCCCCC(=O)OC(COC(=O)CCCCCCCCCCCC)COP(=O)(O)OCCNCC(O)C1OB([C@H](CC(C)C)NC(=O)[C@H](Cc2ccccc2)NC)O[C@@H]1C(O)CO. The van der Waals surface area contributed by atoms with Crippen molar-refractivity contribution in [2.45, 2.75) is 237 Å². The lowest BCUT2D eigenvalue weighted by atomic mass is 9.74. The minimum absolute atomic E-state index is 0.0257. The highest BCUT2D eigenvalue weighted by Gasteiger charge is 2.50. The van der Waals surface area contributed by atoms with Crippen molar-refractivity contribution in [2.75, 3.05) is 46.6 Å². The molecular weight excluding hydrogens is 956 g/mol. The number of hydrogen-bond acceptors (Lipinski definition) is 15. The minimum Gasteiger partial charge on any atom is -0.462 e. The van der Waals surface area contributed by atoms with E-state index in [0.29, 0.717) is 25.7 Å². The molecule has 1 aliphatic rings. The highest BCUT2D eigenvalue weighted by Crippen LogP contribution is 2.43. The average Bonchev–Trinajstić information content (AvgIpc) is 3.83. The molecule has 0 radical (unpaired) electrons. The number of amides is 1. The number of phosphoric acid groups is 1. The van der Waals surface area contributed by atoms with Gasteiger partial charge in [0.1, 0.15) is 12.7 Å². The van der Waals surface area contributed by atoms with Crippen LogP contribution in [0.25, 0.3) is 0 Å². The Bertz CT molecular complexity index is 1600. The fourth-order valence-corrected chi connectivity index (χ4v) is 9.67. The zero-order chi connectivity index (χ0) is 53.5. The summed E-state index contributed by atoms with van der Waals surface area (Å²) in [5.41, 5.74) is 0.975. The molecule has 0 aliphatic carbocycles. The van der Waals surface area contributed by atoms with Crippen LogP contribution in [0.4, 0.5) is 0 Å². The number of esters is 2. The van der Waals surface area contributed by atoms with E-state index in [1.165, 1.54) is 89.9 Å². The summed E-state index contributed by atoms with van der Waals surface area (Å²) >= 11 is 0. The molecule has 1 aliphatic heterocycles. The third-order valence-corrected chi connectivity index (χ3v) is 14.2. The van der Waals surface area contributed by atoms with E-state index in [-0.39, 0.29) is 51.0 Å². The fourth-order valence-electron chi connectivity index (χ4n) is 8.91. The first-order valence-electron chi connectivity index (χ1n) is 28.2. The van der Waals surface area contributed by atoms with E-state index in [4.69, 9.17) is 27.8 Å². The van der Waals surface area contributed by atoms with E-state index in [0.717, 1.165) is 44.1 Å². The highest BCUT2D eigenvalue weighted by molar-refractivity contribution is 7.47. The summed E-state index contributed by atoms with van der Waals surface area (Å²) in [6.07, 6.45) is 20.3. The van der Waals surface area contributed by atoms with Gasteiger partial charge in [-0.1, -0.05) is 186 Å². The zero-order valence-electron chi connectivity index (χ0n) is 45.5. The second-order valence-corrected chi connectivity index (χ2v) is 21.8. The second kappa shape index (κ2) is 41.7. The molecule has 5 unspecified atom stereocenters. The Morgan fingerprint density at radius 2 is 1.22 bits per heavy atom. The van der Waals surface area contributed by atoms with E-state index >= 15 is 0 Å². The quantitative estimate of drug-likeness (QED) is 0.0140. The van der Waals surface area contributed by atoms with Gasteiger partial charge in [0, 0.05) is 25.9 Å². The molecule has 1 amide bonds. The number of benzene rings is 1. The summed E-state index contributed by atoms with van der Waals surface area (Å²) in [6.45, 7) is 6.36. The van der Waals surface area contributed by atoms with Gasteiger partial charge in [-0.05, 0) is 44.2 Å². The molecule has 0 aromatic heterocycles. The van der Waals surface area contributed by atoms with Crippen LogP contribution in [0.1, 0.15) is 194 Å². The Morgan fingerprint density at radius 1 is 0.712 bits per heavy atom. The molecule has 1 aromatic carbocycles. The molecule has 19 heteroatoms. The van der Waals surface area contributed by atoms with Gasteiger partial charge in [0.2, 0.25) is 5.91 Å². The first-order valence-corrected chi connectivity index (χ1v) is 29.7. The van der Waals surface area contributed by atoms with Crippen molar-refractivity contribution in [2.24, 2.45) is 5.92 Å². The van der Waals surface area contributed by atoms with Crippen LogP contribution in [0.2, 0.25) is 0 Å². The lowest BCUT2D eigenvalue weighted by Gasteiger charge is -2.26. The molecular formula is C54H99BN3O14P. The van der Waals surface area contributed by atoms with Crippen LogP contribution in [-0.2, 0) is 53.2 Å². The number of unbranched alkanes of at least 4 members (excludes halogenated alkanes) is 20. The van der Waals surface area contributed by atoms with Crippen LogP contribution in [0, 0.1) is 5.92 Å². The molecule has 422 valence electrons. The van der Waals surface area contributed by atoms with Crippen LogP contribution in [0.5, 0.6) is 0 Å². The van der Waals surface area contributed by atoms with E-state index in [1.54, 1.807) is 7.05 Å². The summed E-state index contributed by atoms with van der Waals surface area (Å²) in [5.74, 6) is -1.79. The number of hydrogen-bond donors (Lipinski definition) is 7. The summed E-state index contributed by atoms with van der Waals surface area (Å²) in [5, 5.41) is 40.8. The maximum atomic E-state index is 13.5. The van der Waals surface area contributed by atoms with Crippen LogP contribution in [0.15, 0.2) is 30.3 Å². The molecule has 7 N–H and O–H groups in total. The van der Waals surface area contributed by atoms with Gasteiger partial charge in [-0.3, -0.25) is 23.4 Å². The van der Waals surface area contributed by atoms with Gasteiger partial charge in [-0.2, -0.15) is 0 Å². The van der Waals surface area contributed by atoms with Crippen LogP contribution in [-0.4, -0.2) is 134 Å². The summed E-state index contributed by atoms with van der Waals surface area (Å²) in [4.78, 5) is 49.6. The molecule has 8 atom stereocenters.